The lowest BCUT2D eigenvalue weighted by Crippen LogP contribution is -1.93. The number of hydrogen-bond acceptors (Lipinski definition) is 2. The van der Waals surface area contributed by atoms with Crippen LogP contribution in [0.5, 0.6) is 0 Å². The highest BCUT2D eigenvalue weighted by molar-refractivity contribution is 6.32. The second-order valence-corrected chi connectivity index (χ2v) is 4.40. The molecule has 0 saturated heterocycles. The average Bonchev–Trinajstić information content (AvgIpc) is 2.38. The predicted molar refractivity (Wildman–Crippen MR) is 75.3 cm³/mol. The fourth-order valence-corrected chi connectivity index (χ4v) is 1.85. The van der Waals surface area contributed by atoms with Gasteiger partial charge < -0.3 is 5.11 Å². The lowest BCUT2D eigenvalue weighted by atomic mass is 10.1. The molecule has 0 amide bonds. The summed E-state index contributed by atoms with van der Waals surface area (Å²) in [6.45, 7) is 1.91. The number of benzene rings is 1. The Morgan fingerprint density at radius 1 is 1.17 bits per heavy atom. The first-order valence-corrected chi connectivity index (χ1v) is 6.08. The molecule has 1 N–H and O–H groups in total. The van der Waals surface area contributed by atoms with Crippen molar-refractivity contribution in [1.82, 2.24) is 4.98 Å². The van der Waals surface area contributed by atoms with Crippen molar-refractivity contribution in [3.63, 3.8) is 0 Å². The van der Waals surface area contributed by atoms with E-state index in [1.54, 1.807) is 0 Å². The number of pyridine rings is 1. The molecular formula is C15H14ClNO. The highest BCUT2D eigenvalue weighted by Gasteiger charge is 1.99. The molecule has 0 atom stereocenters. The molecule has 18 heavy (non-hydrogen) atoms. The van der Waals surface area contributed by atoms with Crippen molar-refractivity contribution in [2.45, 2.75) is 13.5 Å². The van der Waals surface area contributed by atoms with Gasteiger partial charge in [0.2, 0.25) is 0 Å². The molecule has 0 aliphatic rings. The molecule has 0 fully saturated rings. The summed E-state index contributed by atoms with van der Waals surface area (Å²) in [5.74, 6) is 0. The molecule has 0 radical (unpaired) electrons. The Morgan fingerprint density at radius 3 is 2.61 bits per heavy atom. The van der Waals surface area contributed by atoms with Crippen LogP contribution in [-0.2, 0) is 6.61 Å². The highest BCUT2D eigenvalue weighted by Crippen LogP contribution is 2.17. The predicted octanol–water partition coefficient (Wildman–Crippen LogP) is 3.71. The quantitative estimate of drug-likeness (QED) is 0.912. The number of aliphatic hydroxyl groups excluding tert-OH is 1. The summed E-state index contributed by atoms with van der Waals surface area (Å²) in [6.07, 6.45) is 3.85. The maximum absolute atomic E-state index is 9.08. The molecule has 2 rings (SSSR count). The van der Waals surface area contributed by atoms with Crippen LogP contribution in [-0.4, -0.2) is 10.1 Å². The van der Waals surface area contributed by atoms with Crippen molar-refractivity contribution in [3.05, 3.63) is 63.9 Å². The molecule has 0 spiro atoms. The van der Waals surface area contributed by atoms with E-state index in [2.05, 4.69) is 4.98 Å². The van der Waals surface area contributed by atoms with E-state index in [1.807, 2.05) is 55.5 Å². The molecular weight excluding hydrogens is 246 g/mol. The molecule has 92 valence electrons. The van der Waals surface area contributed by atoms with Crippen molar-refractivity contribution < 1.29 is 5.11 Å². The Hall–Kier alpha value is -1.64. The van der Waals surface area contributed by atoms with Crippen molar-refractivity contribution in [2.24, 2.45) is 0 Å². The van der Waals surface area contributed by atoms with Gasteiger partial charge in [0, 0.05) is 10.7 Å². The van der Waals surface area contributed by atoms with Gasteiger partial charge in [-0.3, -0.25) is 4.98 Å². The zero-order valence-electron chi connectivity index (χ0n) is 10.1. The smallest absolute Gasteiger partial charge is 0.0699 e. The number of halogens is 1. The lowest BCUT2D eigenvalue weighted by molar-refractivity contribution is 0.280. The van der Waals surface area contributed by atoms with Crippen LogP contribution in [0.25, 0.3) is 12.2 Å². The number of aliphatic hydroxyl groups is 1. The van der Waals surface area contributed by atoms with Crippen molar-refractivity contribution >= 4 is 23.8 Å². The Morgan fingerprint density at radius 2 is 1.94 bits per heavy atom. The molecule has 0 aliphatic heterocycles. The first-order valence-electron chi connectivity index (χ1n) is 5.70. The average molecular weight is 260 g/mol. The monoisotopic (exact) mass is 259 g/mol. The van der Waals surface area contributed by atoms with Gasteiger partial charge in [0.05, 0.1) is 12.3 Å². The molecule has 1 aromatic heterocycles. The summed E-state index contributed by atoms with van der Waals surface area (Å²) >= 11 is 6.06. The number of rotatable bonds is 3. The van der Waals surface area contributed by atoms with Gasteiger partial charge in [-0.05, 0) is 36.3 Å². The first-order chi connectivity index (χ1) is 8.70. The molecule has 2 aromatic rings. The van der Waals surface area contributed by atoms with Gasteiger partial charge in [-0.1, -0.05) is 41.9 Å². The van der Waals surface area contributed by atoms with Crippen LogP contribution < -0.4 is 0 Å². The normalized spacial score (nSPS) is 11.1. The fraction of sp³-hybridized carbons (Fsp3) is 0.133. The third-order valence-corrected chi connectivity index (χ3v) is 3.07. The summed E-state index contributed by atoms with van der Waals surface area (Å²) in [6, 6.07) is 11.4. The molecule has 0 unspecified atom stereocenters. The summed E-state index contributed by atoms with van der Waals surface area (Å²) in [5, 5.41) is 9.80. The van der Waals surface area contributed by atoms with Crippen LogP contribution in [0.2, 0.25) is 5.02 Å². The van der Waals surface area contributed by atoms with E-state index >= 15 is 0 Å². The van der Waals surface area contributed by atoms with Crippen molar-refractivity contribution in [1.29, 1.82) is 0 Å². The van der Waals surface area contributed by atoms with E-state index in [1.165, 1.54) is 0 Å². The van der Waals surface area contributed by atoms with Crippen LogP contribution in [0.15, 0.2) is 36.4 Å². The summed E-state index contributed by atoms with van der Waals surface area (Å²) in [5.41, 5.74) is 3.51. The van der Waals surface area contributed by atoms with Crippen LogP contribution in [0.4, 0.5) is 0 Å². The minimum Gasteiger partial charge on any atom is -0.392 e. The maximum Gasteiger partial charge on any atom is 0.0699 e. The van der Waals surface area contributed by atoms with Crippen molar-refractivity contribution in [2.75, 3.05) is 0 Å². The molecule has 2 nitrogen and oxygen atoms in total. The maximum atomic E-state index is 9.08. The highest BCUT2D eigenvalue weighted by atomic mass is 35.5. The number of aryl methyl sites for hydroxylation is 1. The Bertz CT molecular complexity index is 578. The second kappa shape index (κ2) is 5.80. The van der Waals surface area contributed by atoms with E-state index in [0.29, 0.717) is 0 Å². The van der Waals surface area contributed by atoms with E-state index in [9.17, 15) is 0 Å². The molecule has 0 bridgehead atoms. The Kier molecular flexibility index (Phi) is 4.13. The van der Waals surface area contributed by atoms with Gasteiger partial charge in [0.1, 0.15) is 0 Å². The lowest BCUT2D eigenvalue weighted by Gasteiger charge is -2.02. The van der Waals surface area contributed by atoms with Gasteiger partial charge in [0.15, 0.2) is 0 Å². The molecule has 1 aromatic carbocycles. The third kappa shape index (κ3) is 2.97. The molecule has 1 heterocycles. The van der Waals surface area contributed by atoms with E-state index in [-0.39, 0.29) is 6.61 Å². The largest absolute Gasteiger partial charge is 0.392 e. The summed E-state index contributed by atoms with van der Waals surface area (Å²) in [4.78, 5) is 4.40. The molecule has 3 heteroatoms. The van der Waals surface area contributed by atoms with Gasteiger partial charge in [-0.25, -0.2) is 0 Å². The van der Waals surface area contributed by atoms with Crippen molar-refractivity contribution in [3.8, 4) is 0 Å². The van der Waals surface area contributed by atoms with E-state index < -0.39 is 0 Å². The zero-order chi connectivity index (χ0) is 13.0. The minimum atomic E-state index is 0.0212. The molecule has 0 saturated carbocycles. The molecule has 0 aliphatic carbocycles. The fourth-order valence-electron chi connectivity index (χ4n) is 1.65. The third-order valence-electron chi connectivity index (χ3n) is 2.73. The Labute approximate surface area is 112 Å². The second-order valence-electron chi connectivity index (χ2n) is 3.99. The van der Waals surface area contributed by atoms with Gasteiger partial charge >= 0.3 is 0 Å². The number of nitrogens with zero attached hydrogens (tertiary/aromatic N) is 1. The Balaban J connectivity index is 2.24. The zero-order valence-corrected chi connectivity index (χ0v) is 10.9. The minimum absolute atomic E-state index is 0.0212. The summed E-state index contributed by atoms with van der Waals surface area (Å²) < 4.78 is 0. The summed E-state index contributed by atoms with van der Waals surface area (Å²) in [7, 11) is 0. The first kappa shape index (κ1) is 12.8. The van der Waals surface area contributed by atoms with Crippen LogP contribution in [0.1, 0.15) is 22.5 Å². The topological polar surface area (TPSA) is 33.1 Å². The SMILES string of the molecule is Cc1nc(/C=C/c2ccccc2Cl)ccc1CO. The standard InChI is InChI=1S/C15H14ClNO/c1-11-13(10-18)7-9-14(17-11)8-6-12-4-2-3-5-15(12)16/h2-9,18H,10H2,1H3/b8-6+. The van der Waals surface area contributed by atoms with Crippen LogP contribution >= 0.6 is 11.6 Å². The number of aromatic nitrogens is 1. The van der Waals surface area contributed by atoms with Gasteiger partial charge in [0.25, 0.3) is 0 Å². The number of hydrogen-bond donors (Lipinski definition) is 1. The van der Waals surface area contributed by atoms with E-state index in [4.69, 9.17) is 16.7 Å². The van der Waals surface area contributed by atoms with E-state index in [0.717, 1.165) is 27.5 Å². The van der Waals surface area contributed by atoms with Gasteiger partial charge in [-0.2, -0.15) is 0 Å². The van der Waals surface area contributed by atoms with Crippen LogP contribution in [0, 0.1) is 6.92 Å². The van der Waals surface area contributed by atoms with Gasteiger partial charge in [-0.15, -0.1) is 0 Å². The van der Waals surface area contributed by atoms with Crippen LogP contribution in [0.3, 0.4) is 0 Å².